The Hall–Kier alpha value is -2.68. The number of hydrogen-bond acceptors (Lipinski definition) is 5. The van der Waals surface area contributed by atoms with Crippen molar-refractivity contribution in [3.8, 4) is 5.75 Å². The van der Waals surface area contributed by atoms with Gasteiger partial charge < -0.3 is 5.11 Å². The average Bonchev–Trinajstić information content (AvgIpc) is 2.42. The molecule has 0 saturated carbocycles. The molecule has 2 aromatic carbocycles. The number of nitro benzene ring substituents is 1. The van der Waals surface area contributed by atoms with Crippen molar-refractivity contribution in [3.05, 3.63) is 58.4 Å². The summed E-state index contributed by atoms with van der Waals surface area (Å²) in [6.07, 6.45) is 0. The smallest absolute Gasteiger partial charge is 0.270 e. The summed E-state index contributed by atoms with van der Waals surface area (Å²) in [7, 11) is -4.14. The van der Waals surface area contributed by atoms with E-state index in [9.17, 15) is 28.0 Å². The molecule has 0 unspecified atom stereocenters. The minimum absolute atomic E-state index is 0.233. The summed E-state index contributed by atoms with van der Waals surface area (Å²) in [6.45, 7) is 0. The summed E-state index contributed by atoms with van der Waals surface area (Å²) in [5.74, 6) is -1.32. The second-order valence-corrected chi connectivity index (χ2v) is 5.70. The summed E-state index contributed by atoms with van der Waals surface area (Å²) in [5.41, 5.74) is -0.621. The molecule has 0 spiro atoms. The number of nitrogens with one attached hydrogen (secondary N) is 1. The van der Waals surface area contributed by atoms with Crippen molar-refractivity contribution in [1.29, 1.82) is 0 Å². The number of sulfonamides is 1. The maximum absolute atomic E-state index is 12.8. The van der Waals surface area contributed by atoms with Crippen LogP contribution in [0, 0.1) is 15.9 Å². The number of non-ortho nitro benzene ring substituents is 1. The predicted molar refractivity (Wildman–Crippen MR) is 72.0 cm³/mol. The first-order chi connectivity index (χ1) is 9.79. The van der Waals surface area contributed by atoms with Gasteiger partial charge >= 0.3 is 0 Å². The molecule has 0 atom stereocenters. The van der Waals surface area contributed by atoms with Gasteiger partial charge in [0, 0.05) is 18.2 Å². The minimum atomic E-state index is -4.14. The quantitative estimate of drug-likeness (QED) is 0.511. The molecule has 2 rings (SSSR count). The zero-order valence-corrected chi connectivity index (χ0v) is 11.2. The van der Waals surface area contributed by atoms with Gasteiger partial charge in [0.15, 0.2) is 0 Å². The Morgan fingerprint density at radius 2 is 1.90 bits per heavy atom. The number of rotatable bonds is 4. The van der Waals surface area contributed by atoms with Gasteiger partial charge in [-0.2, -0.15) is 0 Å². The Morgan fingerprint density at radius 1 is 1.19 bits per heavy atom. The van der Waals surface area contributed by atoms with E-state index in [2.05, 4.69) is 0 Å². The Balaban J connectivity index is 2.38. The molecule has 0 bridgehead atoms. The summed E-state index contributed by atoms with van der Waals surface area (Å²) in [6, 6.07) is 7.15. The van der Waals surface area contributed by atoms with Crippen LogP contribution in [0.25, 0.3) is 0 Å². The third-order valence-corrected chi connectivity index (χ3v) is 3.91. The minimum Gasteiger partial charge on any atom is -0.506 e. The molecule has 0 heterocycles. The fourth-order valence-corrected chi connectivity index (χ4v) is 2.67. The molecule has 0 aliphatic carbocycles. The van der Waals surface area contributed by atoms with Crippen molar-refractivity contribution in [2.45, 2.75) is 4.90 Å². The van der Waals surface area contributed by atoms with Gasteiger partial charge in [-0.25, -0.2) is 12.8 Å². The lowest BCUT2D eigenvalue weighted by atomic mass is 10.3. The third-order valence-electron chi connectivity index (χ3n) is 2.54. The number of phenols is 1. The van der Waals surface area contributed by atoms with Crippen LogP contribution >= 0.6 is 0 Å². The largest absolute Gasteiger partial charge is 0.506 e. The maximum atomic E-state index is 12.8. The summed E-state index contributed by atoms with van der Waals surface area (Å²) in [5, 5.41) is 20.1. The Bertz CT molecular complexity index is 807. The van der Waals surface area contributed by atoms with E-state index in [-0.39, 0.29) is 16.3 Å². The van der Waals surface area contributed by atoms with Crippen molar-refractivity contribution >= 4 is 21.4 Å². The van der Waals surface area contributed by atoms with Gasteiger partial charge in [0.05, 0.1) is 15.5 Å². The number of hydrogen-bond donors (Lipinski definition) is 2. The monoisotopic (exact) mass is 312 g/mol. The molecule has 7 nitrogen and oxygen atoms in total. The molecule has 0 radical (unpaired) electrons. The van der Waals surface area contributed by atoms with Crippen molar-refractivity contribution in [2.24, 2.45) is 0 Å². The van der Waals surface area contributed by atoms with Gasteiger partial charge in [-0.05, 0) is 18.2 Å². The third kappa shape index (κ3) is 3.26. The molecule has 0 saturated heterocycles. The number of benzene rings is 2. The van der Waals surface area contributed by atoms with Crippen molar-refractivity contribution in [2.75, 3.05) is 4.72 Å². The normalized spacial score (nSPS) is 11.1. The van der Waals surface area contributed by atoms with Crippen LogP contribution in [0.2, 0.25) is 0 Å². The van der Waals surface area contributed by atoms with Crippen molar-refractivity contribution in [1.82, 2.24) is 0 Å². The molecule has 2 N–H and O–H groups in total. The Labute approximate surface area is 118 Å². The van der Waals surface area contributed by atoms with Crippen LogP contribution in [-0.2, 0) is 10.0 Å². The zero-order valence-electron chi connectivity index (χ0n) is 10.4. The summed E-state index contributed by atoms with van der Waals surface area (Å²) in [4.78, 5) is 9.56. The highest BCUT2D eigenvalue weighted by atomic mass is 32.2. The first-order valence-corrected chi connectivity index (χ1v) is 7.04. The Kier molecular flexibility index (Phi) is 3.76. The predicted octanol–water partition coefficient (Wildman–Crippen LogP) is 2.24. The van der Waals surface area contributed by atoms with Crippen LogP contribution in [0.5, 0.6) is 5.75 Å². The molecule has 0 aliphatic heterocycles. The number of anilines is 1. The average molecular weight is 312 g/mol. The highest BCUT2D eigenvalue weighted by Crippen LogP contribution is 2.27. The van der Waals surface area contributed by atoms with Crippen LogP contribution in [-0.4, -0.2) is 18.4 Å². The van der Waals surface area contributed by atoms with Gasteiger partial charge in [0.25, 0.3) is 15.7 Å². The molecular formula is C12H9FN2O5S. The van der Waals surface area contributed by atoms with Crippen LogP contribution in [0.1, 0.15) is 0 Å². The molecular weight excluding hydrogens is 303 g/mol. The molecule has 110 valence electrons. The van der Waals surface area contributed by atoms with Crippen molar-refractivity contribution in [3.63, 3.8) is 0 Å². The number of aromatic hydroxyl groups is 1. The first-order valence-electron chi connectivity index (χ1n) is 5.55. The van der Waals surface area contributed by atoms with Crippen LogP contribution in [0.15, 0.2) is 47.4 Å². The standard InChI is InChI=1S/C12H9FN2O5S/c13-8-4-5-11(12(16)6-8)14-21(19,20)10-3-1-2-9(7-10)15(17)18/h1-7,14,16H. The van der Waals surface area contributed by atoms with Gasteiger partial charge in [0.1, 0.15) is 11.6 Å². The van der Waals surface area contributed by atoms with Gasteiger partial charge in [-0.15, -0.1) is 0 Å². The first kappa shape index (κ1) is 14.7. The van der Waals surface area contributed by atoms with Gasteiger partial charge in [-0.1, -0.05) is 6.07 Å². The topological polar surface area (TPSA) is 110 Å². The Morgan fingerprint density at radius 3 is 2.52 bits per heavy atom. The summed E-state index contributed by atoms with van der Waals surface area (Å²) < 4.78 is 39.0. The fraction of sp³-hybridized carbons (Fsp3) is 0. The number of halogens is 1. The highest BCUT2D eigenvalue weighted by Gasteiger charge is 2.19. The molecule has 0 amide bonds. The molecule has 9 heteroatoms. The molecule has 0 aromatic heterocycles. The van der Waals surface area contributed by atoms with Crippen LogP contribution in [0.3, 0.4) is 0 Å². The highest BCUT2D eigenvalue weighted by molar-refractivity contribution is 7.92. The molecule has 0 aliphatic rings. The number of nitro groups is 1. The van der Waals surface area contributed by atoms with Crippen molar-refractivity contribution < 1.29 is 22.8 Å². The second kappa shape index (κ2) is 5.37. The van der Waals surface area contributed by atoms with E-state index < -0.39 is 26.5 Å². The van der Waals surface area contributed by atoms with E-state index in [1.54, 1.807) is 0 Å². The maximum Gasteiger partial charge on any atom is 0.270 e. The lowest BCUT2D eigenvalue weighted by Crippen LogP contribution is -2.13. The lowest BCUT2D eigenvalue weighted by molar-refractivity contribution is -0.385. The summed E-state index contributed by atoms with van der Waals surface area (Å²) >= 11 is 0. The lowest BCUT2D eigenvalue weighted by Gasteiger charge is -2.09. The second-order valence-electron chi connectivity index (χ2n) is 4.02. The SMILES string of the molecule is O=[N+]([O-])c1cccc(S(=O)(=O)Nc2ccc(F)cc2O)c1. The van der Waals surface area contributed by atoms with Gasteiger partial charge in [-0.3, -0.25) is 14.8 Å². The van der Waals surface area contributed by atoms with E-state index in [4.69, 9.17) is 0 Å². The fourth-order valence-electron chi connectivity index (χ4n) is 1.56. The van der Waals surface area contributed by atoms with E-state index in [0.29, 0.717) is 0 Å². The number of nitrogens with zero attached hydrogens (tertiary/aromatic N) is 1. The van der Waals surface area contributed by atoms with Gasteiger partial charge in [0.2, 0.25) is 0 Å². The van der Waals surface area contributed by atoms with E-state index in [0.717, 1.165) is 36.4 Å². The van der Waals surface area contributed by atoms with E-state index >= 15 is 0 Å². The number of phenolic OH excluding ortho intramolecular Hbond substituents is 1. The van der Waals surface area contributed by atoms with E-state index in [1.807, 2.05) is 4.72 Å². The zero-order chi connectivity index (χ0) is 15.6. The molecule has 2 aromatic rings. The molecule has 0 fully saturated rings. The van der Waals surface area contributed by atoms with Crippen LogP contribution in [0.4, 0.5) is 15.8 Å². The van der Waals surface area contributed by atoms with E-state index in [1.165, 1.54) is 6.07 Å². The molecule has 21 heavy (non-hydrogen) atoms. The van der Waals surface area contributed by atoms with Crippen LogP contribution < -0.4 is 4.72 Å².